The summed E-state index contributed by atoms with van der Waals surface area (Å²) in [5, 5.41) is 30.5. The Morgan fingerprint density at radius 2 is 0.667 bits per heavy atom. The number of aromatic hydroxyl groups is 3. The van der Waals surface area contributed by atoms with Crippen LogP contribution in [0.4, 0.5) is 0 Å². The van der Waals surface area contributed by atoms with Crippen molar-refractivity contribution in [3.63, 3.8) is 0 Å². The monoisotopic (exact) mass is 1800 g/mol. The minimum atomic E-state index is -0.497. The van der Waals surface area contributed by atoms with E-state index in [0.717, 1.165) is 43.9 Å². The van der Waals surface area contributed by atoms with Crippen molar-refractivity contribution in [2.45, 2.75) is 67.2 Å². The summed E-state index contributed by atoms with van der Waals surface area (Å²) in [6, 6.07) is 64.4. The molecule has 0 saturated heterocycles. The Morgan fingerprint density at radius 1 is 0.365 bits per heavy atom. The van der Waals surface area contributed by atoms with E-state index in [-0.39, 0.29) is 124 Å². The van der Waals surface area contributed by atoms with Gasteiger partial charge in [-0.15, -0.1) is 37.2 Å². The highest BCUT2D eigenvalue weighted by Gasteiger charge is 2.23. The van der Waals surface area contributed by atoms with Gasteiger partial charge in [-0.25, -0.2) is 21.3 Å². The minimum Gasteiger partial charge on any atom is -0.507 e. The van der Waals surface area contributed by atoms with Gasteiger partial charge in [-0.2, -0.15) is 0 Å². The van der Waals surface area contributed by atoms with Crippen LogP contribution in [0, 0.1) is 0 Å². The van der Waals surface area contributed by atoms with Gasteiger partial charge in [0.15, 0.2) is 11.6 Å². The molecule has 0 spiro atoms. The molecule has 0 radical (unpaired) electrons. The molecular formula is C93H119Cl3N10O20. The first-order valence-corrected chi connectivity index (χ1v) is 39.6. The number of nitrogens with zero attached hydrogens (tertiary/aromatic N) is 4. The lowest BCUT2D eigenvalue weighted by Crippen LogP contribution is -2.34. The molecule has 0 bridgehead atoms. The van der Waals surface area contributed by atoms with E-state index in [2.05, 4.69) is 42.8 Å². The molecule has 0 fully saturated rings. The van der Waals surface area contributed by atoms with Crippen molar-refractivity contribution in [1.29, 1.82) is 0 Å². The number of carbonyl (C=O) groups excluding carboxylic acids is 11. The first-order valence-electron chi connectivity index (χ1n) is 39.6. The van der Waals surface area contributed by atoms with Crippen molar-refractivity contribution in [1.82, 2.24) is 35.8 Å². The molecule has 0 saturated carbocycles. The van der Waals surface area contributed by atoms with Crippen LogP contribution in [0.5, 0.6) is 28.7 Å². The Kier molecular flexibility index (Phi) is 58.0. The van der Waals surface area contributed by atoms with Crippen LogP contribution in [-0.4, -0.2) is 220 Å². The molecule has 33 heteroatoms. The molecule has 2 unspecified atom stereocenters. The van der Waals surface area contributed by atoms with Crippen molar-refractivity contribution in [2.24, 2.45) is 17.4 Å². The zero-order valence-corrected chi connectivity index (χ0v) is 75.5. The molecule has 0 aliphatic rings. The van der Waals surface area contributed by atoms with E-state index in [9.17, 15) is 57.8 Å². The van der Waals surface area contributed by atoms with Gasteiger partial charge in [-0.05, 0) is 152 Å². The van der Waals surface area contributed by atoms with Crippen LogP contribution >= 0.6 is 37.2 Å². The molecule has 30 nitrogen and oxygen atoms in total. The Labute approximate surface area is 755 Å². The molecule has 682 valence electrons. The fraction of sp³-hybridized carbons (Fsp3) is 0.301. The van der Waals surface area contributed by atoms with Crippen LogP contribution in [0.2, 0.25) is 0 Å². The second kappa shape index (κ2) is 64.3. The summed E-state index contributed by atoms with van der Waals surface area (Å²) in [7, 11) is 7.63. The number of nitrogens with two attached hydrogens (primary N) is 3. The lowest BCUT2D eigenvalue weighted by Gasteiger charge is -2.18. The highest BCUT2D eigenvalue weighted by molar-refractivity contribution is 6.10. The number of hydrogen-bond acceptors (Lipinski definition) is 27. The molecule has 9 rings (SSSR count). The van der Waals surface area contributed by atoms with E-state index in [1.165, 1.54) is 44.2 Å². The molecule has 0 aliphatic heterocycles. The summed E-state index contributed by atoms with van der Waals surface area (Å²) in [6.07, 6.45) is 0. The summed E-state index contributed by atoms with van der Waals surface area (Å²) >= 11 is 0. The predicted octanol–water partition coefficient (Wildman–Crippen LogP) is 11.8. The highest BCUT2D eigenvalue weighted by Crippen LogP contribution is 2.25. The van der Waals surface area contributed by atoms with E-state index < -0.39 is 47.5 Å². The number of nitrogens with one attached hydrogen (secondary N) is 3. The topological polar surface area (TPSA) is 431 Å². The van der Waals surface area contributed by atoms with Gasteiger partial charge in [-0.1, -0.05) is 185 Å². The second-order valence-corrected chi connectivity index (χ2v) is 27.1. The maximum absolute atomic E-state index is 12.5. The molecule has 0 aliphatic carbocycles. The average Bonchev–Trinajstić information content (AvgIpc) is 0.870. The number of likely N-dealkylation sites (N-methyl/N-ethyl adjacent to an activating group) is 4. The third-order valence-electron chi connectivity index (χ3n) is 17.6. The van der Waals surface area contributed by atoms with Crippen molar-refractivity contribution in [3.05, 3.63) is 292 Å². The highest BCUT2D eigenvalue weighted by atomic mass is 35.5. The van der Waals surface area contributed by atoms with Gasteiger partial charge in [0.2, 0.25) is 0 Å². The summed E-state index contributed by atoms with van der Waals surface area (Å²) < 4.78 is 30.6. The van der Waals surface area contributed by atoms with Gasteiger partial charge in [0.25, 0.3) is 17.7 Å². The van der Waals surface area contributed by atoms with E-state index in [4.69, 9.17) is 56.1 Å². The molecule has 9 aromatic carbocycles. The molecule has 3 amide bonds. The van der Waals surface area contributed by atoms with E-state index in [0.29, 0.717) is 80.4 Å². The largest absolute Gasteiger partial charge is 0.507 e. The molecular weight excluding hydrogens is 1680 g/mol. The number of ether oxygens (including phenoxy) is 6. The summed E-state index contributed by atoms with van der Waals surface area (Å²) in [4.78, 5) is 136. The van der Waals surface area contributed by atoms with Gasteiger partial charge in [0.1, 0.15) is 66.3 Å². The number of halogens is 3. The van der Waals surface area contributed by atoms with E-state index in [1.807, 2.05) is 97.4 Å². The number of hydrazine groups is 2. The fourth-order valence-corrected chi connectivity index (χ4v) is 10.6. The lowest BCUT2D eigenvalue weighted by molar-refractivity contribution is -0.146. The molecule has 0 heterocycles. The van der Waals surface area contributed by atoms with Gasteiger partial charge < -0.3 is 74.4 Å². The lowest BCUT2D eigenvalue weighted by atomic mass is 9.96. The van der Waals surface area contributed by atoms with Crippen molar-refractivity contribution in [2.75, 3.05) is 120 Å². The van der Waals surface area contributed by atoms with Crippen LogP contribution < -0.4 is 43.1 Å². The number of phenolic OH excluding ortho intramolecular Hbond substituents is 3. The zero-order chi connectivity index (χ0) is 91.2. The number of phenols is 3. The Morgan fingerprint density at radius 3 is 1.00 bits per heavy atom. The first kappa shape index (κ1) is 114. The quantitative estimate of drug-likeness (QED) is 0.00351. The molecule has 126 heavy (non-hydrogen) atoms. The van der Waals surface area contributed by atoms with Crippen LogP contribution in [0.25, 0.3) is 0 Å². The van der Waals surface area contributed by atoms with Crippen LogP contribution in [-0.2, 0) is 38.1 Å². The maximum atomic E-state index is 12.5. The molecule has 0 aromatic heterocycles. The Balaban J connectivity index is 0.00000146. The van der Waals surface area contributed by atoms with Crippen LogP contribution in [0.1, 0.15) is 162 Å². The van der Waals surface area contributed by atoms with Crippen LogP contribution in [0.3, 0.4) is 0 Å². The Hall–Kier alpha value is -12.5. The third-order valence-corrected chi connectivity index (χ3v) is 17.6. The maximum Gasteiger partial charge on any atom is 0.341 e. The van der Waals surface area contributed by atoms with E-state index >= 15 is 0 Å². The van der Waals surface area contributed by atoms with Gasteiger partial charge in [-0.3, -0.25) is 54.0 Å². The zero-order valence-electron chi connectivity index (χ0n) is 73.0. The smallest absolute Gasteiger partial charge is 0.341 e. The summed E-state index contributed by atoms with van der Waals surface area (Å²) in [5.74, 6) is 5.35. The number of nitrogen functional groups attached to an aromatic ring is 2. The number of hydrogen-bond donors (Lipinski definition) is 9. The van der Waals surface area contributed by atoms with Crippen LogP contribution in [0.15, 0.2) is 231 Å². The van der Waals surface area contributed by atoms with Crippen molar-refractivity contribution < 1.29 is 96.5 Å². The normalized spacial score (nSPS) is 10.5. The molecule has 12 N–H and O–H groups in total. The number of carbonyl (C=O) groups is 11. The minimum absolute atomic E-state index is 0. The second-order valence-electron chi connectivity index (χ2n) is 27.1. The fourth-order valence-electron chi connectivity index (χ4n) is 10.6. The number of amides is 3. The van der Waals surface area contributed by atoms with Crippen molar-refractivity contribution in [3.8, 4) is 28.7 Å². The number of ketones is 2. The number of rotatable bonds is 33. The number of para-hydroxylation sites is 5. The number of benzene rings is 9. The summed E-state index contributed by atoms with van der Waals surface area (Å²) in [5.41, 5.74) is 14.3. The molecule has 9 aromatic rings. The average molecular weight is 1800 g/mol. The predicted molar refractivity (Wildman–Crippen MR) is 491 cm³/mol. The van der Waals surface area contributed by atoms with Crippen molar-refractivity contribution >= 4 is 102 Å². The van der Waals surface area contributed by atoms with Gasteiger partial charge in [0, 0.05) is 75.4 Å². The Bertz CT molecular complexity index is 4740. The van der Waals surface area contributed by atoms with Gasteiger partial charge in [0.05, 0.1) is 28.5 Å². The van der Waals surface area contributed by atoms with E-state index in [1.54, 1.807) is 166 Å². The standard InChI is InChI=1S/C20H23NO3.C18H19NO3.C15H21NO4.C13H20N2O2.C13H17NO4.2C7H8N2O2.3ClH/c1-15(20(23)24-13-12-21(2)3)17-10-7-11-18(14-17)19(22)16-8-5-4-6-9-16;1-13(18(21)22-11-10-19)15-8-5-9-16(12-15)17(20)14-6-3-2-4-7-14;1-4-16(5-2)10-11-19-15(18)13-8-6-7-9-14(13)20-12(3)17;1-3-15(4-2)10-9-14-13(17)11-7-5-6-8-12(11)16;1-10(15)18-12-7-5-4-6-11(12)13(16)17-9-8-14(2)3;2*8-9-7(11)5-3-1-2-4-6(5)10;;;/h4-11,14-15H,12-13H2,1-3H3;2-9,12-13H,10-11,19H2,1H3;6-9H,4-5,10-11H2,1-3H3;5-8,16H,3-4,9-10H2,1-2H3,(H,14,17);4-7H,8-9H2,1-3H3;2*1-4,10H,8H2,(H,9,11);3*1H. The third kappa shape index (κ3) is 42.8. The SMILES string of the molecule is CC(=O)Oc1ccccc1C(=O)OCCN(C)C.CC(C(=O)OCCN(C)C)c1cccc(C(=O)c2ccccc2)c1.CC(C(=O)OCCN)c1cccc(C(=O)c2ccccc2)c1.CCN(CC)CCNC(=O)c1ccccc1O.CCN(CC)CCOC(=O)c1ccccc1OC(C)=O.Cl.Cl.Cl.NNC(=O)c1ccccc1O.NNC(=O)c1ccccc1O. The molecule has 2 atom stereocenters. The number of esters is 6. The summed E-state index contributed by atoms with van der Waals surface area (Å²) in [6.45, 7) is 23.1. The first-order chi connectivity index (χ1) is 58.9. The van der Waals surface area contributed by atoms with Gasteiger partial charge >= 0.3 is 35.8 Å².